The summed E-state index contributed by atoms with van der Waals surface area (Å²) in [5.41, 5.74) is 0.797. The van der Waals surface area contributed by atoms with E-state index in [9.17, 15) is 14.7 Å². The van der Waals surface area contributed by atoms with Crippen LogP contribution >= 0.6 is 11.6 Å². The second kappa shape index (κ2) is 5.99. The number of carbonyl (C=O) groups excluding carboxylic acids is 2. The first-order chi connectivity index (χ1) is 11.9. The normalized spacial score (nSPS) is 26.7. The Balaban J connectivity index is 1.49. The second-order valence-corrected chi connectivity index (χ2v) is 8.19. The van der Waals surface area contributed by atoms with Crippen LogP contribution in [0.2, 0.25) is 5.02 Å². The van der Waals surface area contributed by atoms with Gasteiger partial charge in [0.15, 0.2) is 0 Å². The lowest BCUT2D eigenvalue weighted by Crippen LogP contribution is -2.65. The molecule has 2 bridgehead atoms. The average Bonchev–Trinajstić information content (AvgIpc) is 3.33. The smallest absolute Gasteiger partial charge is 0.254 e. The number of carbonyl (C=O) groups is 2. The summed E-state index contributed by atoms with van der Waals surface area (Å²) in [7, 11) is 0. The Kier molecular flexibility index (Phi) is 4.04. The number of fused-ring (bicyclic) bond motifs is 3. The van der Waals surface area contributed by atoms with Crippen molar-refractivity contribution in [1.82, 2.24) is 9.80 Å². The zero-order valence-corrected chi connectivity index (χ0v) is 15.1. The van der Waals surface area contributed by atoms with Crippen LogP contribution in [0.15, 0.2) is 18.2 Å². The maximum Gasteiger partial charge on any atom is 0.254 e. The standard InChI is InChI=1S/C19H23ClN2O3/c1-12-2-3-13(20)8-16(12)18(24)22-11-14-4-5-15(22)10-21(14)17(23)9-19(25)6-7-19/h2-3,8,14-15,25H,4-7,9-11H2,1H3. The molecule has 0 radical (unpaired) electrons. The van der Waals surface area contributed by atoms with E-state index in [0.29, 0.717) is 23.7 Å². The summed E-state index contributed by atoms with van der Waals surface area (Å²) in [4.78, 5) is 29.3. The van der Waals surface area contributed by atoms with Crippen LogP contribution in [0, 0.1) is 6.92 Å². The van der Waals surface area contributed by atoms with Crippen molar-refractivity contribution in [2.75, 3.05) is 13.1 Å². The largest absolute Gasteiger partial charge is 0.389 e. The first-order valence-corrected chi connectivity index (χ1v) is 9.33. The summed E-state index contributed by atoms with van der Waals surface area (Å²) in [5, 5.41) is 10.6. The number of aryl methyl sites for hydroxylation is 1. The monoisotopic (exact) mass is 362 g/mol. The summed E-state index contributed by atoms with van der Waals surface area (Å²) < 4.78 is 0. The lowest BCUT2D eigenvalue weighted by Gasteiger charge is -2.51. The molecule has 3 aliphatic heterocycles. The lowest BCUT2D eigenvalue weighted by molar-refractivity contribution is -0.143. The number of rotatable bonds is 3. The number of amides is 2. The third-order valence-electron chi connectivity index (χ3n) is 5.85. The molecule has 4 aliphatic rings. The average molecular weight is 363 g/mol. The van der Waals surface area contributed by atoms with Crippen LogP contribution in [-0.2, 0) is 4.79 Å². The molecule has 6 heteroatoms. The number of nitrogens with zero attached hydrogens (tertiary/aromatic N) is 2. The Hall–Kier alpha value is -1.59. The van der Waals surface area contributed by atoms with E-state index in [1.54, 1.807) is 12.1 Å². The number of hydrogen-bond donors (Lipinski definition) is 1. The van der Waals surface area contributed by atoms with E-state index in [2.05, 4.69) is 0 Å². The van der Waals surface area contributed by atoms with E-state index in [-0.39, 0.29) is 30.3 Å². The molecule has 2 unspecified atom stereocenters. The highest BCUT2D eigenvalue weighted by molar-refractivity contribution is 6.31. The fourth-order valence-corrected chi connectivity index (χ4v) is 4.24. The second-order valence-electron chi connectivity index (χ2n) is 7.75. The van der Waals surface area contributed by atoms with Gasteiger partial charge >= 0.3 is 0 Å². The van der Waals surface area contributed by atoms with Crippen molar-refractivity contribution >= 4 is 23.4 Å². The summed E-state index contributed by atoms with van der Waals surface area (Å²) in [6.07, 6.45) is 3.51. The predicted molar refractivity (Wildman–Crippen MR) is 94.5 cm³/mol. The quantitative estimate of drug-likeness (QED) is 0.898. The maximum atomic E-state index is 13.0. The number of piperidine rings is 2. The highest BCUT2D eigenvalue weighted by Crippen LogP contribution is 2.40. The van der Waals surface area contributed by atoms with E-state index in [0.717, 1.165) is 31.2 Å². The fourth-order valence-electron chi connectivity index (χ4n) is 4.07. The fraction of sp³-hybridized carbons (Fsp3) is 0.579. The van der Waals surface area contributed by atoms with Gasteiger partial charge in [0.1, 0.15) is 0 Å². The van der Waals surface area contributed by atoms with Crippen molar-refractivity contribution in [1.29, 1.82) is 0 Å². The molecule has 2 amide bonds. The molecule has 0 spiro atoms. The molecular weight excluding hydrogens is 340 g/mol. The number of hydrogen-bond acceptors (Lipinski definition) is 3. The molecule has 25 heavy (non-hydrogen) atoms. The number of benzene rings is 1. The van der Waals surface area contributed by atoms with E-state index >= 15 is 0 Å². The molecule has 1 aromatic carbocycles. The minimum atomic E-state index is -0.763. The first kappa shape index (κ1) is 16.9. The van der Waals surface area contributed by atoms with E-state index in [1.807, 2.05) is 22.8 Å². The molecule has 3 saturated heterocycles. The van der Waals surface area contributed by atoms with Gasteiger partial charge in [0.05, 0.1) is 12.0 Å². The van der Waals surface area contributed by atoms with Gasteiger partial charge in [-0.1, -0.05) is 17.7 Å². The number of halogens is 1. The van der Waals surface area contributed by atoms with Gasteiger partial charge in [-0.25, -0.2) is 0 Å². The summed E-state index contributed by atoms with van der Waals surface area (Å²) in [6.45, 7) is 3.06. The summed E-state index contributed by atoms with van der Waals surface area (Å²) in [6, 6.07) is 5.49. The Morgan fingerprint density at radius 2 is 1.84 bits per heavy atom. The molecule has 4 fully saturated rings. The maximum absolute atomic E-state index is 13.0. The van der Waals surface area contributed by atoms with Crippen molar-refractivity contribution in [2.24, 2.45) is 0 Å². The summed E-state index contributed by atoms with van der Waals surface area (Å²) in [5.74, 6) is 0.0309. The Morgan fingerprint density at radius 3 is 2.44 bits per heavy atom. The molecule has 134 valence electrons. The highest BCUT2D eigenvalue weighted by Gasteiger charge is 2.47. The van der Waals surface area contributed by atoms with Gasteiger partial charge in [-0.15, -0.1) is 0 Å². The molecule has 0 aromatic heterocycles. The SMILES string of the molecule is Cc1ccc(Cl)cc1C(=O)N1CC2CCC1CN2C(=O)CC1(O)CC1. The Morgan fingerprint density at radius 1 is 1.20 bits per heavy atom. The molecule has 2 atom stereocenters. The Labute approximate surface area is 152 Å². The number of piperazine rings is 1. The third kappa shape index (κ3) is 3.15. The van der Waals surface area contributed by atoms with Gasteiger partial charge < -0.3 is 14.9 Å². The van der Waals surface area contributed by atoms with Crippen molar-refractivity contribution in [2.45, 2.75) is 56.7 Å². The van der Waals surface area contributed by atoms with Crippen molar-refractivity contribution < 1.29 is 14.7 Å². The lowest BCUT2D eigenvalue weighted by atomic mass is 9.89. The van der Waals surface area contributed by atoms with Crippen LogP contribution in [0.3, 0.4) is 0 Å². The molecule has 1 aliphatic carbocycles. The summed E-state index contributed by atoms with van der Waals surface area (Å²) >= 11 is 6.06. The van der Waals surface area contributed by atoms with E-state index < -0.39 is 5.60 Å². The first-order valence-electron chi connectivity index (χ1n) is 8.95. The molecule has 5 rings (SSSR count). The van der Waals surface area contributed by atoms with Crippen molar-refractivity contribution in [3.05, 3.63) is 34.3 Å². The zero-order chi connectivity index (χ0) is 17.8. The van der Waals surface area contributed by atoms with Gasteiger partial charge in [0, 0.05) is 35.8 Å². The molecular formula is C19H23ClN2O3. The van der Waals surface area contributed by atoms with Crippen molar-refractivity contribution in [3.63, 3.8) is 0 Å². The van der Waals surface area contributed by atoms with Crippen LogP contribution < -0.4 is 0 Å². The van der Waals surface area contributed by atoms with Gasteiger partial charge in [-0.3, -0.25) is 9.59 Å². The van der Waals surface area contributed by atoms with Gasteiger partial charge in [0.2, 0.25) is 5.91 Å². The minimum absolute atomic E-state index is 0.00243. The van der Waals surface area contributed by atoms with Gasteiger partial charge in [0.25, 0.3) is 5.91 Å². The zero-order valence-electron chi connectivity index (χ0n) is 14.4. The van der Waals surface area contributed by atoms with Gasteiger partial charge in [-0.05, 0) is 50.3 Å². The van der Waals surface area contributed by atoms with E-state index in [1.165, 1.54) is 0 Å². The van der Waals surface area contributed by atoms with Crippen LogP contribution in [0.1, 0.15) is 48.0 Å². The van der Waals surface area contributed by atoms with Crippen molar-refractivity contribution in [3.8, 4) is 0 Å². The molecule has 5 nitrogen and oxygen atoms in total. The van der Waals surface area contributed by atoms with Crippen LogP contribution in [0.4, 0.5) is 0 Å². The minimum Gasteiger partial charge on any atom is -0.389 e. The molecule has 1 saturated carbocycles. The van der Waals surface area contributed by atoms with Crippen LogP contribution in [-0.4, -0.2) is 57.5 Å². The topological polar surface area (TPSA) is 60.9 Å². The Bertz CT molecular complexity index is 731. The molecule has 1 aromatic rings. The van der Waals surface area contributed by atoms with Crippen LogP contribution in [0.25, 0.3) is 0 Å². The van der Waals surface area contributed by atoms with E-state index in [4.69, 9.17) is 11.6 Å². The van der Waals surface area contributed by atoms with Gasteiger partial charge in [-0.2, -0.15) is 0 Å². The predicted octanol–water partition coefficient (Wildman–Crippen LogP) is 2.38. The molecule has 1 N–H and O–H groups in total. The van der Waals surface area contributed by atoms with Crippen LogP contribution in [0.5, 0.6) is 0 Å². The highest BCUT2D eigenvalue weighted by atomic mass is 35.5. The number of aliphatic hydroxyl groups is 1. The molecule has 3 heterocycles. The third-order valence-corrected chi connectivity index (χ3v) is 6.08.